The van der Waals surface area contributed by atoms with E-state index in [9.17, 15) is 13.2 Å². The van der Waals surface area contributed by atoms with Gasteiger partial charge in [0.15, 0.2) is 0 Å². The van der Waals surface area contributed by atoms with Gasteiger partial charge >= 0.3 is 6.18 Å². The quantitative estimate of drug-likeness (QED) is 0.919. The Labute approximate surface area is 139 Å². The van der Waals surface area contributed by atoms with E-state index >= 15 is 0 Å². The van der Waals surface area contributed by atoms with Crippen molar-refractivity contribution >= 4 is 10.8 Å². The number of hydrogen-bond donors (Lipinski definition) is 1. The van der Waals surface area contributed by atoms with Crippen LogP contribution in [0.15, 0.2) is 36.4 Å². The predicted molar refractivity (Wildman–Crippen MR) is 88.4 cm³/mol. The Kier molecular flexibility index (Phi) is 4.96. The van der Waals surface area contributed by atoms with Gasteiger partial charge in [-0.25, -0.2) is 0 Å². The first-order chi connectivity index (χ1) is 11.5. The lowest BCUT2D eigenvalue weighted by atomic mass is 9.95. The Morgan fingerprint density at radius 3 is 2.50 bits per heavy atom. The Hall–Kier alpha value is -1.79. The molecule has 1 atom stereocenters. The van der Waals surface area contributed by atoms with Crippen molar-refractivity contribution in [3.8, 4) is 5.75 Å². The molecular formula is C18H21F3N2O. The smallest absolute Gasteiger partial charge is 0.408 e. The summed E-state index contributed by atoms with van der Waals surface area (Å²) in [7, 11) is 0. The zero-order valence-corrected chi connectivity index (χ0v) is 13.6. The summed E-state index contributed by atoms with van der Waals surface area (Å²) in [6.07, 6.45) is -4.37. The van der Waals surface area contributed by atoms with Gasteiger partial charge in [-0.3, -0.25) is 4.90 Å². The van der Waals surface area contributed by atoms with E-state index in [1.54, 1.807) is 25.1 Å². The fraction of sp³-hybridized carbons (Fsp3) is 0.444. The minimum atomic E-state index is -4.37. The van der Waals surface area contributed by atoms with Crippen molar-refractivity contribution < 1.29 is 17.9 Å². The van der Waals surface area contributed by atoms with Crippen LogP contribution in [-0.4, -0.2) is 43.9 Å². The first-order valence-electron chi connectivity index (χ1n) is 8.18. The monoisotopic (exact) mass is 338 g/mol. The average molecular weight is 338 g/mol. The third kappa shape index (κ3) is 3.35. The number of halogens is 3. The zero-order chi connectivity index (χ0) is 17.2. The largest absolute Gasteiger partial charge is 0.494 e. The molecule has 130 valence electrons. The minimum absolute atomic E-state index is 0.226. The highest BCUT2D eigenvalue weighted by Crippen LogP contribution is 2.44. The van der Waals surface area contributed by atoms with Crippen LogP contribution in [0.4, 0.5) is 13.2 Å². The summed E-state index contributed by atoms with van der Waals surface area (Å²) in [4.78, 5) is 1.50. The summed E-state index contributed by atoms with van der Waals surface area (Å²) in [5.74, 6) is 0.317. The summed E-state index contributed by atoms with van der Waals surface area (Å²) in [6, 6.07) is 8.99. The molecule has 0 spiro atoms. The second kappa shape index (κ2) is 6.99. The van der Waals surface area contributed by atoms with Crippen LogP contribution in [0.1, 0.15) is 18.5 Å². The van der Waals surface area contributed by atoms with Gasteiger partial charge in [-0.05, 0) is 23.8 Å². The summed E-state index contributed by atoms with van der Waals surface area (Å²) >= 11 is 0. The second-order valence-corrected chi connectivity index (χ2v) is 5.86. The molecule has 1 fully saturated rings. The van der Waals surface area contributed by atoms with Crippen LogP contribution in [-0.2, 0) is 0 Å². The molecule has 0 bridgehead atoms. The number of piperazine rings is 1. The number of benzene rings is 2. The maximum Gasteiger partial charge on any atom is 0.408 e. The molecule has 1 aliphatic rings. The number of hydrogen-bond acceptors (Lipinski definition) is 3. The minimum Gasteiger partial charge on any atom is -0.494 e. The highest BCUT2D eigenvalue weighted by Gasteiger charge is 2.47. The molecule has 2 aromatic carbocycles. The average Bonchev–Trinajstić information content (AvgIpc) is 2.57. The van der Waals surface area contributed by atoms with Gasteiger partial charge in [0.2, 0.25) is 0 Å². The Morgan fingerprint density at radius 1 is 1.12 bits per heavy atom. The van der Waals surface area contributed by atoms with Crippen molar-refractivity contribution in [3.05, 3.63) is 42.0 Å². The molecule has 0 aromatic heterocycles. The lowest BCUT2D eigenvalue weighted by Gasteiger charge is -2.37. The van der Waals surface area contributed by atoms with Crippen molar-refractivity contribution in [2.24, 2.45) is 0 Å². The molecule has 0 radical (unpaired) electrons. The molecule has 3 nitrogen and oxygen atoms in total. The van der Waals surface area contributed by atoms with Gasteiger partial charge in [-0.1, -0.05) is 30.3 Å². The van der Waals surface area contributed by atoms with Crippen LogP contribution < -0.4 is 10.1 Å². The van der Waals surface area contributed by atoms with Crippen molar-refractivity contribution in [2.45, 2.75) is 19.1 Å². The van der Waals surface area contributed by atoms with Gasteiger partial charge in [0, 0.05) is 31.7 Å². The van der Waals surface area contributed by atoms with Crippen LogP contribution in [0.5, 0.6) is 5.75 Å². The molecule has 1 saturated heterocycles. The highest BCUT2D eigenvalue weighted by atomic mass is 19.4. The molecule has 1 aliphatic heterocycles. The maximum atomic E-state index is 14.0. The van der Waals surface area contributed by atoms with Crippen molar-refractivity contribution in [2.75, 3.05) is 32.8 Å². The fourth-order valence-electron chi connectivity index (χ4n) is 3.33. The third-order valence-corrected chi connectivity index (χ3v) is 4.33. The SMILES string of the molecule is CCOc1ccc2ccccc2c1[C@H](N1CCNCC1)C(F)(F)F. The van der Waals surface area contributed by atoms with Gasteiger partial charge in [-0.15, -0.1) is 0 Å². The molecule has 24 heavy (non-hydrogen) atoms. The molecule has 3 rings (SSSR count). The molecule has 0 amide bonds. The molecule has 1 N–H and O–H groups in total. The lowest BCUT2D eigenvalue weighted by Crippen LogP contribution is -2.49. The van der Waals surface area contributed by atoms with Crippen LogP contribution in [0.3, 0.4) is 0 Å². The number of nitrogens with one attached hydrogen (secondary N) is 1. The van der Waals surface area contributed by atoms with E-state index in [1.807, 2.05) is 18.2 Å². The lowest BCUT2D eigenvalue weighted by molar-refractivity contribution is -0.187. The van der Waals surface area contributed by atoms with E-state index in [-0.39, 0.29) is 5.56 Å². The van der Waals surface area contributed by atoms with E-state index in [0.29, 0.717) is 43.9 Å². The van der Waals surface area contributed by atoms with Gasteiger partial charge in [0.05, 0.1) is 6.61 Å². The molecule has 0 unspecified atom stereocenters. The molecule has 0 aliphatic carbocycles. The van der Waals surface area contributed by atoms with Crippen LogP contribution in [0.2, 0.25) is 0 Å². The summed E-state index contributed by atoms with van der Waals surface area (Å²) < 4.78 is 47.6. The van der Waals surface area contributed by atoms with E-state index in [1.165, 1.54) is 4.90 Å². The van der Waals surface area contributed by atoms with Gasteiger partial charge in [0.25, 0.3) is 0 Å². The first kappa shape index (κ1) is 17.0. The third-order valence-electron chi connectivity index (χ3n) is 4.33. The van der Waals surface area contributed by atoms with E-state index < -0.39 is 12.2 Å². The number of ether oxygens (including phenoxy) is 1. The van der Waals surface area contributed by atoms with E-state index in [4.69, 9.17) is 4.74 Å². The van der Waals surface area contributed by atoms with E-state index in [0.717, 1.165) is 5.39 Å². The number of alkyl halides is 3. The standard InChI is InChI=1S/C18H21F3N2O/c1-2-24-15-8-7-13-5-3-4-6-14(13)16(15)17(18(19,20)21)23-11-9-22-10-12-23/h3-8,17,22H,2,9-12H2,1H3/t17-/m0/s1. The van der Waals surface area contributed by atoms with Crippen molar-refractivity contribution in [1.82, 2.24) is 10.2 Å². The van der Waals surface area contributed by atoms with Crippen LogP contribution in [0.25, 0.3) is 10.8 Å². The normalized spacial score (nSPS) is 17.8. The van der Waals surface area contributed by atoms with Crippen molar-refractivity contribution in [1.29, 1.82) is 0 Å². The highest BCUT2D eigenvalue weighted by molar-refractivity contribution is 5.88. The maximum absolute atomic E-state index is 14.0. The van der Waals surface area contributed by atoms with Crippen LogP contribution >= 0.6 is 0 Å². The molecule has 0 saturated carbocycles. The Bertz CT molecular complexity index is 696. The fourth-order valence-corrected chi connectivity index (χ4v) is 3.33. The molecular weight excluding hydrogens is 317 g/mol. The molecule has 6 heteroatoms. The van der Waals surface area contributed by atoms with E-state index in [2.05, 4.69) is 5.32 Å². The van der Waals surface area contributed by atoms with Gasteiger partial charge < -0.3 is 10.1 Å². The number of nitrogens with zero attached hydrogens (tertiary/aromatic N) is 1. The van der Waals surface area contributed by atoms with Gasteiger partial charge in [-0.2, -0.15) is 13.2 Å². The predicted octanol–water partition coefficient (Wildman–Crippen LogP) is 3.75. The van der Waals surface area contributed by atoms with Crippen LogP contribution in [0, 0.1) is 0 Å². The first-order valence-corrected chi connectivity index (χ1v) is 8.18. The number of rotatable bonds is 4. The number of fused-ring (bicyclic) bond motifs is 1. The molecule has 1 heterocycles. The summed E-state index contributed by atoms with van der Waals surface area (Å²) in [5, 5.41) is 4.50. The second-order valence-electron chi connectivity index (χ2n) is 5.86. The zero-order valence-electron chi connectivity index (χ0n) is 13.6. The Balaban J connectivity index is 2.19. The van der Waals surface area contributed by atoms with Crippen molar-refractivity contribution in [3.63, 3.8) is 0 Å². The molecule has 2 aromatic rings. The topological polar surface area (TPSA) is 24.5 Å². The van der Waals surface area contributed by atoms with Gasteiger partial charge in [0.1, 0.15) is 11.8 Å². The Morgan fingerprint density at radius 2 is 1.83 bits per heavy atom. The summed E-state index contributed by atoms with van der Waals surface area (Å²) in [5.41, 5.74) is 0.226. The summed E-state index contributed by atoms with van der Waals surface area (Å²) in [6.45, 7) is 3.95.